The molecule has 1 heterocycles. The monoisotopic (exact) mass is 274 g/mol. The Labute approximate surface area is 117 Å². The SMILES string of the molecule is CC(=O)NCC[C@H]1CCc2ccc3nc(C)sc3c21. The van der Waals surface area contributed by atoms with Crippen molar-refractivity contribution in [2.24, 2.45) is 0 Å². The van der Waals surface area contributed by atoms with Gasteiger partial charge in [-0.2, -0.15) is 0 Å². The Bertz CT molecular complexity index is 632. The molecule has 3 rings (SSSR count). The third-order valence-corrected chi connectivity index (χ3v) is 4.85. The molecular formula is C15H18N2OS. The number of nitrogens with zero attached hydrogens (tertiary/aromatic N) is 1. The number of aryl methyl sites for hydroxylation is 2. The van der Waals surface area contributed by atoms with Gasteiger partial charge in [0.15, 0.2) is 0 Å². The van der Waals surface area contributed by atoms with Crippen LogP contribution in [-0.4, -0.2) is 17.4 Å². The highest BCUT2D eigenvalue weighted by Gasteiger charge is 2.25. The maximum Gasteiger partial charge on any atom is 0.216 e. The molecule has 100 valence electrons. The molecule has 0 saturated heterocycles. The number of fused-ring (bicyclic) bond motifs is 3. The van der Waals surface area contributed by atoms with Crippen molar-refractivity contribution in [1.29, 1.82) is 0 Å². The Kier molecular flexibility index (Phi) is 3.27. The first kappa shape index (κ1) is 12.6. The van der Waals surface area contributed by atoms with Crippen molar-refractivity contribution in [3.8, 4) is 0 Å². The first-order valence-corrected chi connectivity index (χ1v) is 7.60. The summed E-state index contributed by atoms with van der Waals surface area (Å²) in [5.74, 6) is 0.635. The Morgan fingerprint density at radius 3 is 3.16 bits per heavy atom. The third kappa shape index (κ3) is 2.37. The van der Waals surface area contributed by atoms with E-state index in [-0.39, 0.29) is 5.91 Å². The van der Waals surface area contributed by atoms with Crippen LogP contribution in [0.25, 0.3) is 10.2 Å². The van der Waals surface area contributed by atoms with E-state index in [1.165, 1.54) is 22.2 Å². The molecule has 0 aliphatic heterocycles. The van der Waals surface area contributed by atoms with Gasteiger partial charge in [-0.3, -0.25) is 4.79 Å². The van der Waals surface area contributed by atoms with Gasteiger partial charge in [0.25, 0.3) is 0 Å². The second kappa shape index (κ2) is 4.93. The number of hydrogen-bond acceptors (Lipinski definition) is 3. The maximum absolute atomic E-state index is 11.0. The topological polar surface area (TPSA) is 42.0 Å². The van der Waals surface area contributed by atoms with Crippen LogP contribution in [0.4, 0.5) is 0 Å². The zero-order chi connectivity index (χ0) is 13.4. The van der Waals surface area contributed by atoms with Gasteiger partial charge in [0, 0.05) is 13.5 Å². The first-order valence-electron chi connectivity index (χ1n) is 6.78. The second-order valence-corrected chi connectivity index (χ2v) is 6.43. The Hall–Kier alpha value is -1.42. The van der Waals surface area contributed by atoms with Crippen LogP contribution < -0.4 is 5.32 Å². The van der Waals surface area contributed by atoms with E-state index >= 15 is 0 Å². The highest BCUT2D eigenvalue weighted by atomic mass is 32.1. The Balaban J connectivity index is 1.89. The molecule has 1 aromatic carbocycles. The average molecular weight is 274 g/mol. The number of carbonyl (C=O) groups excluding carboxylic acids is 1. The summed E-state index contributed by atoms with van der Waals surface area (Å²) in [7, 11) is 0. The zero-order valence-corrected chi connectivity index (χ0v) is 12.1. The maximum atomic E-state index is 11.0. The number of benzene rings is 1. The summed E-state index contributed by atoms with van der Waals surface area (Å²) in [6.07, 6.45) is 3.39. The minimum absolute atomic E-state index is 0.0602. The van der Waals surface area contributed by atoms with Crippen LogP contribution in [0.1, 0.15) is 41.8 Å². The molecule has 1 aliphatic rings. The van der Waals surface area contributed by atoms with Crippen molar-refractivity contribution in [3.63, 3.8) is 0 Å². The number of nitrogens with one attached hydrogen (secondary N) is 1. The lowest BCUT2D eigenvalue weighted by Crippen LogP contribution is -2.22. The Morgan fingerprint density at radius 1 is 1.53 bits per heavy atom. The van der Waals surface area contributed by atoms with Crippen molar-refractivity contribution in [1.82, 2.24) is 10.3 Å². The summed E-state index contributed by atoms with van der Waals surface area (Å²) in [5, 5.41) is 4.04. The van der Waals surface area contributed by atoms with Crippen LogP contribution in [0, 0.1) is 6.92 Å². The molecule has 0 fully saturated rings. The van der Waals surface area contributed by atoms with Gasteiger partial charge in [-0.25, -0.2) is 4.98 Å². The predicted octanol–water partition coefficient (Wildman–Crippen LogP) is 3.16. The molecule has 0 spiro atoms. The molecule has 0 unspecified atom stereocenters. The van der Waals surface area contributed by atoms with E-state index in [2.05, 4.69) is 29.4 Å². The summed E-state index contributed by atoms with van der Waals surface area (Å²) < 4.78 is 1.36. The molecule has 0 radical (unpaired) electrons. The van der Waals surface area contributed by atoms with E-state index in [9.17, 15) is 4.79 Å². The fraction of sp³-hybridized carbons (Fsp3) is 0.467. The van der Waals surface area contributed by atoms with E-state index in [4.69, 9.17) is 0 Å². The number of hydrogen-bond donors (Lipinski definition) is 1. The molecule has 1 N–H and O–H groups in total. The van der Waals surface area contributed by atoms with Crippen molar-refractivity contribution >= 4 is 27.5 Å². The molecule has 0 saturated carbocycles. The fourth-order valence-corrected chi connectivity index (χ4v) is 4.08. The lowest BCUT2D eigenvalue weighted by atomic mass is 9.97. The average Bonchev–Trinajstić information content (AvgIpc) is 2.90. The van der Waals surface area contributed by atoms with Crippen molar-refractivity contribution in [3.05, 3.63) is 28.3 Å². The summed E-state index contributed by atoms with van der Waals surface area (Å²) in [6.45, 7) is 4.42. The quantitative estimate of drug-likeness (QED) is 0.934. The molecular weight excluding hydrogens is 256 g/mol. The fourth-order valence-electron chi connectivity index (χ4n) is 3.02. The smallest absolute Gasteiger partial charge is 0.216 e. The normalized spacial score (nSPS) is 17.7. The summed E-state index contributed by atoms with van der Waals surface area (Å²) >= 11 is 1.80. The molecule has 1 aromatic heterocycles. The largest absolute Gasteiger partial charge is 0.356 e. The summed E-state index contributed by atoms with van der Waals surface area (Å²) in [6, 6.07) is 4.38. The van der Waals surface area contributed by atoms with Crippen LogP contribution >= 0.6 is 11.3 Å². The number of aromatic nitrogens is 1. The van der Waals surface area contributed by atoms with E-state index in [0.717, 1.165) is 29.9 Å². The number of carbonyl (C=O) groups is 1. The van der Waals surface area contributed by atoms with Gasteiger partial charge in [-0.15, -0.1) is 11.3 Å². The lowest BCUT2D eigenvalue weighted by molar-refractivity contribution is -0.118. The van der Waals surface area contributed by atoms with Gasteiger partial charge in [-0.05, 0) is 49.3 Å². The second-order valence-electron chi connectivity index (χ2n) is 5.23. The molecule has 19 heavy (non-hydrogen) atoms. The van der Waals surface area contributed by atoms with Crippen LogP contribution in [0.2, 0.25) is 0 Å². The van der Waals surface area contributed by atoms with Crippen LogP contribution in [-0.2, 0) is 11.2 Å². The summed E-state index contributed by atoms with van der Waals surface area (Å²) in [4.78, 5) is 15.5. The highest BCUT2D eigenvalue weighted by Crippen LogP contribution is 2.41. The van der Waals surface area contributed by atoms with Crippen molar-refractivity contribution in [2.45, 2.75) is 39.0 Å². The predicted molar refractivity (Wildman–Crippen MR) is 78.7 cm³/mol. The van der Waals surface area contributed by atoms with E-state index in [1.54, 1.807) is 18.3 Å². The third-order valence-electron chi connectivity index (χ3n) is 3.83. The van der Waals surface area contributed by atoms with Gasteiger partial charge in [0.1, 0.15) is 0 Å². The lowest BCUT2D eigenvalue weighted by Gasteiger charge is -2.12. The standard InChI is InChI=1S/C15H18N2OS/c1-9(18)16-8-7-12-4-3-11-5-6-13-15(14(11)12)19-10(2)17-13/h5-6,12H,3-4,7-8H2,1-2H3,(H,16,18)/t12-/m1/s1. The van der Waals surface area contributed by atoms with Crippen molar-refractivity contribution in [2.75, 3.05) is 6.54 Å². The van der Waals surface area contributed by atoms with Crippen LogP contribution in [0.15, 0.2) is 12.1 Å². The van der Waals surface area contributed by atoms with E-state index in [1.807, 2.05) is 0 Å². The molecule has 2 aromatic rings. The van der Waals surface area contributed by atoms with E-state index in [0.29, 0.717) is 5.92 Å². The van der Waals surface area contributed by atoms with Crippen LogP contribution in [0.5, 0.6) is 0 Å². The minimum atomic E-state index is 0.0602. The van der Waals surface area contributed by atoms with Gasteiger partial charge < -0.3 is 5.32 Å². The van der Waals surface area contributed by atoms with Gasteiger partial charge >= 0.3 is 0 Å². The number of amides is 1. The molecule has 1 aliphatic carbocycles. The molecule has 3 nitrogen and oxygen atoms in total. The van der Waals surface area contributed by atoms with Crippen LogP contribution in [0.3, 0.4) is 0 Å². The summed E-state index contributed by atoms with van der Waals surface area (Å²) in [5.41, 5.74) is 4.10. The van der Waals surface area contributed by atoms with Gasteiger partial charge in [-0.1, -0.05) is 6.07 Å². The van der Waals surface area contributed by atoms with Gasteiger partial charge in [0.05, 0.1) is 15.2 Å². The van der Waals surface area contributed by atoms with E-state index < -0.39 is 0 Å². The highest BCUT2D eigenvalue weighted by molar-refractivity contribution is 7.18. The molecule has 1 amide bonds. The number of rotatable bonds is 3. The Morgan fingerprint density at radius 2 is 2.37 bits per heavy atom. The first-order chi connectivity index (χ1) is 9.15. The minimum Gasteiger partial charge on any atom is -0.356 e. The van der Waals surface area contributed by atoms with Gasteiger partial charge in [0.2, 0.25) is 5.91 Å². The molecule has 4 heteroatoms. The zero-order valence-electron chi connectivity index (χ0n) is 11.3. The number of thiazole rings is 1. The van der Waals surface area contributed by atoms with Crippen molar-refractivity contribution < 1.29 is 4.79 Å². The molecule has 1 atom stereocenters. The molecule has 0 bridgehead atoms.